The van der Waals surface area contributed by atoms with Crippen LogP contribution in [0.25, 0.3) is 0 Å². The van der Waals surface area contributed by atoms with E-state index in [1.165, 1.54) is 11.1 Å². The van der Waals surface area contributed by atoms with E-state index in [0.29, 0.717) is 5.02 Å². The first-order chi connectivity index (χ1) is 8.50. The summed E-state index contributed by atoms with van der Waals surface area (Å²) in [6.07, 6.45) is 0. The summed E-state index contributed by atoms with van der Waals surface area (Å²) >= 11 is 16.3. The van der Waals surface area contributed by atoms with Crippen molar-refractivity contribution in [2.24, 2.45) is 0 Å². The molecule has 0 amide bonds. The van der Waals surface area contributed by atoms with E-state index >= 15 is 0 Å². The van der Waals surface area contributed by atoms with Crippen molar-refractivity contribution < 1.29 is 0 Å². The predicted octanol–water partition coefficient (Wildman–Crippen LogP) is 6.05. The minimum absolute atomic E-state index is 0.227. The van der Waals surface area contributed by atoms with Gasteiger partial charge in [0.1, 0.15) is 0 Å². The van der Waals surface area contributed by atoms with Crippen molar-refractivity contribution in [1.29, 1.82) is 0 Å². The highest BCUT2D eigenvalue weighted by Gasteiger charge is 2.17. The molecule has 94 valence electrons. The number of benzene rings is 2. The van der Waals surface area contributed by atoms with Crippen LogP contribution in [-0.2, 0) is 0 Å². The van der Waals surface area contributed by atoms with E-state index in [1.807, 2.05) is 18.2 Å². The lowest BCUT2D eigenvalue weighted by Crippen LogP contribution is -1.98. The lowest BCUT2D eigenvalue weighted by atomic mass is 9.98. The van der Waals surface area contributed by atoms with Gasteiger partial charge in [0, 0.05) is 4.47 Å². The second kappa shape index (κ2) is 5.64. The van der Waals surface area contributed by atoms with Gasteiger partial charge in [-0.3, -0.25) is 0 Å². The average Bonchev–Trinajstić information content (AvgIpc) is 2.35. The largest absolute Gasteiger partial charge is 0.113 e. The van der Waals surface area contributed by atoms with Crippen LogP contribution in [0.15, 0.2) is 40.9 Å². The maximum Gasteiger partial charge on any atom is 0.0852 e. The van der Waals surface area contributed by atoms with Crippen molar-refractivity contribution in [2.75, 3.05) is 0 Å². The van der Waals surface area contributed by atoms with Gasteiger partial charge in [-0.15, -0.1) is 11.6 Å². The van der Waals surface area contributed by atoms with Crippen LogP contribution in [0.4, 0.5) is 0 Å². The van der Waals surface area contributed by atoms with Crippen molar-refractivity contribution in [3.63, 3.8) is 0 Å². The van der Waals surface area contributed by atoms with Gasteiger partial charge in [0.25, 0.3) is 0 Å². The third kappa shape index (κ3) is 2.74. The maximum absolute atomic E-state index is 6.58. The molecule has 0 radical (unpaired) electrons. The van der Waals surface area contributed by atoms with Gasteiger partial charge in [-0.25, -0.2) is 0 Å². The Kier molecular flexibility index (Phi) is 4.37. The third-order valence-corrected chi connectivity index (χ3v) is 4.74. The SMILES string of the molecule is Cc1ccc(C)c(C(Cl)c2cccc(Br)c2Cl)c1. The normalized spacial score (nSPS) is 12.5. The summed E-state index contributed by atoms with van der Waals surface area (Å²) in [5.74, 6) is 0. The smallest absolute Gasteiger partial charge is 0.0852 e. The van der Waals surface area contributed by atoms with Gasteiger partial charge in [0.05, 0.1) is 10.4 Å². The van der Waals surface area contributed by atoms with Gasteiger partial charge >= 0.3 is 0 Å². The molecule has 0 saturated carbocycles. The van der Waals surface area contributed by atoms with Crippen LogP contribution in [0.2, 0.25) is 5.02 Å². The highest BCUT2D eigenvalue weighted by Crippen LogP contribution is 2.38. The zero-order chi connectivity index (χ0) is 13.3. The molecule has 2 aromatic carbocycles. The first-order valence-corrected chi connectivity index (χ1v) is 7.26. The number of alkyl halides is 1. The highest BCUT2D eigenvalue weighted by atomic mass is 79.9. The number of hydrogen-bond donors (Lipinski definition) is 0. The number of hydrogen-bond acceptors (Lipinski definition) is 0. The molecular formula is C15H13BrCl2. The van der Waals surface area contributed by atoms with E-state index in [0.717, 1.165) is 15.6 Å². The standard InChI is InChI=1S/C15H13BrCl2/c1-9-6-7-10(2)12(8-9)14(17)11-4-3-5-13(16)15(11)18/h3-8,14H,1-2H3. The first-order valence-electron chi connectivity index (χ1n) is 5.66. The number of halogens is 3. The minimum Gasteiger partial charge on any atom is -0.113 e. The monoisotopic (exact) mass is 342 g/mol. The molecule has 0 aliphatic rings. The van der Waals surface area contributed by atoms with E-state index in [2.05, 4.69) is 48.0 Å². The van der Waals surface area contributed by atoms with Crippen molar-refractivity contribution in [2.45, 2.75) is 19.2 Å². The maximum atomic E-state index is 6.58. The zero-order valence-corrected chi connectivity index (χ0v) is 13.3. The van der Waals surface area contributed by atoms with Crippen molar-refractivity contribution >= 4 is 39.1 Å². The van der Waals surface area contributed by atoms with Crippen LogP contribution >= 0.6 is 39.1 Å². The fraction of sp³-hybridized carbons (Fsp3) is 0.200. The summed E-state index contributed by atoms with van der Waals surface area (Å²) < 4.78 is 0.873. The summed E-state index contributed by atoms with van der Waals surface area (Å²) in [6, 6.07) is 12.1. The Bertz CT molecular complexity index is 577. The van der Waals surface area contributed by atoms with Crippen LogP contribution in [0.1, 0.15) is 27.6 Å². The Morgan fingerprint density at radius 1 is 1.06 bits per heavy atom. The molecule has 0 heterocycles. The average molecular weight is 344 g/mol. The number of aryl methyl sites for hydroxylation is 2. The molecule has 2 rings (SSSR count). The fourth-order valence-corrected chi connectivity index (χ4v) is 3.01. The Balaban J connectivity index is 2.51. The summed E-state index contributed by atoms with van der Waals surface area (Å²) in [5.41, 5.74) is 4.42. The van der Waals surface area contributed by atoms with Gasteiger partial charge in [-0.05, 0) is 52.5 Å². The molecule has 1 atom stereocenters. The lowest BCUT2D eigenvalue weighted by molar-refractivity contribution is 1.10. The van der Waals surface area contributed by atoms with Crippen LogP contribution in [0.3, 0.4) is 0 Å². The van der Waals surface area contributed by atoms with Crippen molar-refractivity contribution in [1.82, 2.24) is 0 Å². The number of rotatable bonds is 2. The second-order valence-corrected chi connectivity index (χ2v) is 6.03. The summed E-state index contributed by atoms with van der Waals surface area (Å²) in [4.78, 5) is 0. The molecule has 0 nitrogen and oxygen atoms in total. The van der Waals surface area contributed by atoms with Crippen LogP contribution in [-0.4, -0.2) is 0 Å². The topological polar surface area (TPSA) is 0 Å². The molecule has 0 spiro atoms. The molecule has 18 heavy (non-hydrogen) atoms. The Morgan fingerprint density at radius 2 is 1.78 bits per heavy atom. The molecule has 0 bridgehead atoms. The predicted molar refractivity (Wildman–Crippen MR) is 82.8 cm³/mol. The minimum atomic E-state index is -0.227. The Labute approximate surface area is 126 Å². The molecule has 0 saturated heterocycles. The molecule has 0 aromatic heterocycles. The molecule has 1 unspecified atom stereocenters. The van der Waals surface area contributed by atoms with Crippen LogP contribution < -0.4 is 0 Å². The lowest BCUT2D eigenvalue weighted by Gasteiger charge is -2.16. The van der Waals surface area contributed by atoms with Crippen LogP contribution in [0, 0.1) is 13.8 Å². The van der Waals surface area contributed by atoms with Crippen molar-refractivity contribution in [3.8, 4) is 0 Å². The van der Waals surface area contributed by atoms with Gasteiger partial charge < -0.3 is 0 Å². The quantitative estimate of drug-likeness (QED) is 0.582. The highest BCUT2D eigenvalue weighted by molar-refractivity contribution is 9.10. The summed E-state index contributed by atoms with van der Waals surface area (Å²) in [5, 5.41) is 0.452. The van der Waals surface area contributed by atoms with Gasteiger partial charge in [0.2, 0.25) is 0 Å². The molecule has 0 N–H and O–H groups in total. The zero-order valence-electron chi connectivity index (χ0n) is 10.2. The van der Waals surface area contributed by atoms with E-state index in [1.54, 1.807) is 0 Å². The molecule has 0 aliphatic carbocycles. The molecule has 2 aromatic rings. The Hall–Kier alpha value is -0.500. The molecular weight excluding hydrogens is 331 g/mol. The van der Waals surface area contributed by atoms with E-state index in [9.17, 15) is 0 Å². The fourth-order valence-electron chi connectivity index (χ4n) is 1.92. The van der Waals surface area contributed by atoms with E-state index in [4.69, 9.17) is 23.2 Å². The van der Waals surface area contributed by atoms with E-state index < -0.39 is 0 Å². The Morgan fingerprint density at radius 3 is 2.50 bits per heavy atom. The second-order valence-electron chi connectivity index (χ2n) is 4.37. The van der Waals surface area contributed by atoms with Gasteiger partial charge in [0.15, 0.2) is 0 Å². The molecule has 0 fully saturated rings. The van der Waals surface area contributed by atoms with Gasteiger partial charge in [-0.2, -0.15) is 0 Å². The van der Waals surface area contributed by atoms with Crippen LogP contribution in [0.5, 0.6) is 0 Å². The summed E-state index contributed by atoms with van der Waals surface area (Å²) in [6.45, 7) is 4.13. The molecule has 3 heteroatoms. The van der Waals surface area contributed by atoms with E-state index in [-0.39, 0.29) is 5.38 Å². The molecule has 0 aliphatic heterocycles. The third-order valence-electron chi connectivity index (χ3n) is 2.96. The first kappa shape index (κ1) is 13.9. The van der Waals surface area contributed by atoms with Gasteiger partial charge in [-0.1, -0.05) is 47.5 Å². The van der Waals surface area contributed by atoms with Crippen molar-refractivity contribution in [3.05, 3.63) is 68.1 Å². The summed E-state index contributed by atoms with van der Waals surface area (Å²) in [7, 11) is 0.